The average Bonchev–Trinajstić information content (AvgIpc) is 3.00. The molecule has 1 aliphatic heterocycles. The molecule has 0 atom stereocenters. The van der Waals surface area contributed by atoms with Gasteiger partial charge in [-0.1, -0.05) is 75.1 Å². The van der Waals surface area contributed by atoms with Crippen LogP contribution in [0.3, 0.4) is 0 Å². The van der Waals surface area contributed by atoms with E-state index in [1.165, 1.54) is 17.3 Å². The molecule has 4 nitrogen and oxygen atoms in total. The van der Waals surface area contributed by atoms with E-state index in [1.807, 2.05) is 42.5 Å². The molecule has 0 bridgehead atoms. The van der Waals surface area contributed by atoms with Gasteiger partial charge in [0, 0.05) is 6.54 Å². The Hall–Kier alpha value is -2.57. The Balaban J connectivity index is 1.48. The zero-order valence-corrected chi connectivity index (χ0v) is 19.7. The molecule has 1 heterocycles. The Labute approximate surface area is 193 Å². The highest BCUT2D eigenvalue weighted by molar-refractivity contribution is 8.26. The molecule has 0 aliphatic carbocycles. The van der Waals surface area contributed by atoms with E-state index in [0.29, 0.717) is 29.0 Å². The number of carbonyl (C=O) groups is 1. The molecular weight excluding hydrogens is 426 g/mol. The standard InChI is InChI=1S/C25H27NO3S2/c1-5-14-26-23(27)22(31-24(26)30)17-18-6-10-20(11-7-18)28-15-16-29-21-12-8-19(9-13-21)25(2,3)4/h5-13,17H,1,14-16H2,2-4H3/b22-17+. The first kappa shape index (κ1) is 23.1. The van der Waals surface area contributed by atoms with Crippen LogP contribution < -0.4 is 9.47 Å². The first-order valence-electron chi connectivity index (χ1n) is 10.1. The number of thioether (sulfide) groups is 1. The van der Waals surface area contributed by atoms with Crippen LogP contribution in [0.4, 0.5) is 0 Å². The highest BCUT2D eigenvalue weighted by Crippen LogP contribution is 2.32. The van der Waals surface area contributed by atoms with E-state index < -0.39 is 0 Å². The van der Waals surface area contributed by atoms with Gasteiger partial charge >= 0.3 is 0 Å². The van der Waals surface area contributed by atoms with Crippen molar-refractivity contribution in [3.8, 4) is 11.5 Å². The number of amides is 1. The molecule has 0 N–H and O–H groups in total. The predicted octanol–water partition coefficient (Wildman–Crippen LogP) is 5.83. The number of carbonyl (C=O) groups excluding carboxylic acids is 1. The molecule has 0 saturated carbocycles. The minimum Gasteiger partial charge on any atom is -0.490 e. The summed E-state index contributed by atoms with van der Waals surface area (Å²) in [5.74, 6) is 1.51. The van der Waals surface area contributed by atoms with Gasteiger partial charge < -0.3 is 9.47 Å². The van der Waals surface area contributed by atoms with Gasteiger partial charge in [-0.05, 0) is 46.9 Å². The van der Waals surface area contributed by atoms with E-state index in [1.54, 1.807) is 11.0 Å². The molecule has 1 saturated heterocycles. The van der Waals surface area contributed by atoms with E-state index in [4.69, 9.17) is 21.7 Å². The Morgan fingerprint density at radius 2 is 1.55 bits per heavy atom. The molecule has 0 spiro atoms. The van der Waals surface area contributed by atoms with Crippen molar-refractivity contribution in [3.63, 3.8) is 0 Å². The minimum absolute atomic E-state index is 0.0806. The molecule has 1 amide bonds. The van der Waals surface area contributed by atoms with Crippen molar-refractivity contribution in [2.45, 2.75) is 26.2 Å². The molecule has 0 unspecified atom stereocenters. The summed E-state index contributed by atoms with van der Waals surface area (Å²) in [6.07, 6.45) is 3.51. The van der Waals surface area contributed by atoms with Crippen molar-refractivity contribution in [3.05, 3.63) is 77.2 Å². The average molecular weight is 454 g/mol. The molecule has 1 aliphatic rings. The maximum Gasteiger partial charge on any atom is 0.266 e. The van der Waals surface area contributed by atoms with Gasteiger partial charge in [-0.3, -0.25) is 9.69 Å². The molecule has 2 aromatic rings. The maximum absolute atomic E-state index is 12.4. The van der Waals surface area contributed by atoms with Crippen LogP contribution >= 0.6 is 24.0 Å². The fraction of sp³-hybridized carbons (Fsp3) is 0.280. The van der Waals surface area contributed by atoms with Gasteiger partial charge in [0.25, 0.3) is 5.91 Å². The van der Waals surface area contributed by atoms with Crippen LogP contribution in [0, 0.1) is 0 Å². The van der Waals surface area contributed by atoms with E-state index in [-0.39, 0.29) is 11.3 Å². The van der Waals surface area contributed by atoms with Gasteiger partial charge in [-0.25, -0.2) is 0 Å². The number of thiocarbonyl (C=S) groups is 1. The highest BCUT2D eigenvalue weighted by Gasteiger charge is 2.30. The second-order valence-corrected chi connectivity index (χ2v) is 9.80. The van der Waals surface area contributed by atoms with Crippen LogP contribution in [0.25, 0.3) is 6.08 Å². The van der Waals surface area contributed by atoms with Crippen molar-refractivity contribution in [2.24, 2.45) is 0 Å². The van der Waals surface area contributed by atoms with Gasteiger partial charge in [0.2, 0.25) is 0 Å². The largest absolute Gasteiger partial charge is 0.490 e. The molecule has 2 aromatic carbocycles. The number of rotatable bonds is 8. The SMILES string of the molecule is C=CCN1C(=O)/C(=C\c2ccc(OCCOc3ccc(C(C)(C)C)cc3)cc2)SC1=S. The summed E-state index contributed by atoms with van der Waals surface area (Å²) < 4.78 is 12.1. The van der Waals surface area contributed by atoms with Crippen molar-refractivity contribution in [2.75, 3.05) is 19.8 Å². The Kier molecular flexibility index (Phi) is 7.57. The van der Waals surface area contributed by atoms with Crippen LogP contribution in [0.5, 0.6) is 11.5 Å². The first-order valence-corrected chi connectivity index (χ1v) is 11.3. The summed E-state index contributed by atoms with van der Waals surface area (Å²) in [5.41, 5.74) is 2.32. The number of nitrogens with zero attached hydrogens (tertiary/aromatic N) is 1. The van der Waals surface area contributed by atoms with Gasteiger partial charge in [-0.2, -0.15) is 0 Å². The number of hydrogen-bond acceptors (Lipinski definition) is 5. The van der Waals surface area contributed by atoms with Crippen LogP contribution in [0.1, 0.15) is 31.9 Å². The van der Waals surface area contributed by atoms with E-state index >= 15 is 0 Å². The molecule has 3 rings (SSSR count). The third-order valence-corrected chi connectivity index (χ3v) is 6.08. The number of benzene rings is 2. The molecule has 0 aromatic heterocycles. The predicted molar refractivity (Wildman–Crippen MR) is 133 cm³/mol. The second kappa shape index (κ2) is 10.2. The molecule has 31 heavy (non-hydrogen) atoms. The number of hydrogen-bond donors (Lipinski definition) is 0. The summed E-state index contributed by atoms with van der Waals surface area (Å²) in [6.45, 7) is 11.6. The normalized spacial score (nSPS) is 15.5. The van der Waals surface area contributed by atoms with Crippen LogP contribution in [0.2, 0.25) is 0 Å². The van der Waals surface area contributed by atoms with Gasteiger partial charge in [-0.15, -0.1) is 6.58 Å². The smallest absolute Gasteiger partial charge is 0.266 e. The molecule has 162 valence electrons. The van der Waals surface area contributed by atoms with Gasteiger partial charge in [0.15, 0.2) is 0 Å². The van der Waals surface area contributed by atoms with Crippen molar-refractivity contribution in [1.82, 2.24) is 4.90 Å². The summed E-state index contributed by atoms with van der Waals surface area (Å²) >= 11 is 6.57. The first-order chi connectivity index (χ1) is 14.8. The van der Waals surface area contributed by atoms with Crippen LogP contribution in [0.15, 0.2) is 66.1 Å². The summed E-state index contributed by atoms with van der Waals surface area (Å²) in [5, 5.41) is 0. The topological polar surface area (TPSA) is 38.8 Å². The monoisotopic (exact) mass is 453 g/mol. The van der Waals surface area contributed by atoms with Crippen LogP contribution in [-0.2, 0) is 10.2 Å². The quantitative estimate of drug-likeness (QED) is 0.218. The summed E-state index contributed by atoms with van der Waals surface area (Å²) in [4.78, 5) is 14.6. The van der Waals surface area contributed by atoms with Gasteiger partial charge in [0.05, 0.1) is 4.91 Å². The molecular formula is C25H27NO3S2. The lowest BCUT2D eigenvalue weighted by molar-refractivity contribution is -0.121. The Bertz CT molecular complexity index is 973. The van der Waals surface area contributed by atoms with Gasteiger partial charge in [0.1, 0.15) is 29.0 Å². The third-order valence-electron chi connectivity index (χ3n) is 4.70. The molecule has 0 radical (unpaired) electrons. The van der Waals surface area contributed by atoms with Crippen molar-refractivity contribution >= 4 is 40.3 Å². The zero-order chi connectivity index (χ0) is 22.4. The van der Waals surface area contributed by atoms with Crippen molar-refractivity contribution in [1.29, 1.82) is 0 Å². The number of ether oxygens (including phenoxy) is 2. The second-order valence-electron chi connectivity index (χ2n) is 8.12. The Morgan fingerprint density at radius 3 is 2.06 bits per heavy atom. The Morgan fingerprint density at radius 1 is 1.00 bits per heavy atom. The summed E-state index contributed by atoms with van der Waals surface area (Å²) in [7, 11) is 0. The molecule has 1 fully saturated rings. The zero-order valence-electron chi connectivity index (χ0n) is 18.1. The van der Waals surface area contributed by atoms with Crippen molar-refractivity contribution < 1.29 is 14.3 Å². The lowest BCUT2D eigenvalue weighted by Gasteiger charge is -2.19. The fourth-order valence-electron chi connectivity index (χ4n) is 2.97. The highest BCUT2D eigenvalue weighted by atomic mass is 32.2. The lowest BCUT2D eigenvalue weighted by Crippen LogP contribution is -2.27. The maximum atomic E-state index is 12.4. The molecule has 6 heteroatoms. The lowest BCUT2D eigenvalue weighted by atomic mass is 9.87. The fourth-order valence-corrected chi connectivity index (χ4v) is 4.24. The minimum atomic E-state index is -0.0806. The van der Waals surface area contributed by atoms with Crippen LogP contribution in [-0.4, -0.2) is 34.9 Å². The van der Waals surface area contributed by atoms with E-state index in [0.717, 1.165) is 17.1 Å². The third kappa shape index (κ3) is 6.21. The van der Waals surface area contributed by atoms with E-state index in [9.17, 15) is 4.79 Å². The summed E-state index contributed by atoms with van der Waals surface area (Å²) in [6, 6.07) is 15.8. The van der Waals surface area contributed by atoms with E-state index in [2.05, 4.69) is 39.5 Å².